The molecule has 1 aliphatic rings. The summed E-state index contributed by atoms with van der Waals surface area (Å²) in [7, 11) is -2.34. The second-order valence-electron chi connectivity index (χ2n) is 5.08. The minimum atomic E-state index is -3.80. The van der Waals surface area contributed by atoms with Gasteiger partial charge < -0.3 is 16.0 Å². The predicted octanol–water partition coefficient (Wildman–Crippen LogP) is 0.199. The van der Waals surface area contributed by atoms with Crippen molar-refractivity contribution in [3.05, 3.63) is 29.8 Å². The van der Waals surface area contributed by atoms with E-state index in [1.54, 1.807) is 18.2 Å². The molecule has 24 heavy (non-hydrogen) atoms. The summed E-state index contributed by atoms with van der Waals surface area (Å²) in [5.41, 5.74) is 5.25. The van der Waals surface area contributed by atoms with Crippen molar-refractivity contribution in [2.24, 2.45) is 10.1 Å². The van der Waals surface area contributed by atoms with Gasteiger partial charge in [-0.15, -0.1) is 16.8 Å². The van der Waals surface area contributed by atoms with Crippen LogP contribution in [0.1, 0.15) is 5.56 Å². The number of halogens is 3. The molecule has 7 nitrogen and oxygen atoms in total. The molecule has 0 aromatic heterocycles. The zero-order chi connectivity index (χ0) is 17.3. The molecule has 0 saturated heterocycles. The van der Waals surface area contributed by atoms with Gasteiger partial charge in [-0.1, -0.05) is 12.1 Å². The molecule has 0 aliphatic carbocycles. The summed E-state index contributed by atoms with van der Waals surface area (Å²) in [5, 5.41) is 2.06. The molecule has 3 N–H and O–H groups in total. The minimum Gasteiger partial charge on any atom is -0.349 e. The molecule has 0 atom stereocenters. The lowest BCUT2D eigenvalue weighted by atomic mass is 10.2. The van der Waals surface area contributed by atoms with E-state index in [-0.39, 0.29) is 29.7 Å². The maximum Gasteiger partial charge on any atom is 0.285 e. The number of nitrogens with two attached hydrogens (primary N) is 1. The molecule has 1 heterocycles. The Hall–Kier alpha value is -1.78. The molecule has 1 aromatic rings. The normalized spacial score (nSPS) is 15.1. The topological polar surface area (TPSA) is 105 Å². The number of nitrogens with zero attached hydrogens (tertiary/aromatic N) is 2. The van der Waals surface area contributed by atoms with Crippen LogP contribution in [0.2, 0.25) is 0 Å². The zero-order valence-electron chi connectivity index (χ0n) is 12.7. The highest BCUT2D eigenvalue weighted by Crippen LogP contribution is 2.26. The number of carbonyl (C=O) groups is 1. The summed E-state index contributed by atoms with van der Waals surface area (Å²) >= 11 is 0. The van der Waals surface area contributed by atoms with Crippen LogP contribution in [0, 0.1) is 0 Å². The van der Waals surface area contributed by atoms with E-state index in [4.69, 9.17) is 5.73 Å². The number of rotatable bonds is 5. The van der Waals surface area contributed by atoms with Crippen LogP contribution in [-0.4, -0.2) is 57.7 Å². The van der Waals surface area contributed by atoms with E-state index in [2.05, 4.69) is 9.71 Å². The van der Waals surface area contributed by atoms with Gasteiger partial charge in [-0.2, -0.15) is 8.42 Å². The van der Waals surface area contributed by atoms with Crippen molar-refractivity contribution in [3.63, 3.8) is 0 Å². The Morgan fingerprint density at radius 2 is 2.00 bits per heavy atom. The number of benzene rings is 1. The van der Waals surface area contributed by atoms with Crippen molar-refractivity contribution in [2.45, 2.75) is 10.8 Å². The zero-order valence-corrected chi connectivity index (χ0v) is 14.3. The monoisotopic (exact) mass is 382 g/mol. The van der Waals surface area contributed by atoms with Crippen LogP contribution in [-0.2, 0) is 14.8 Å². The van der Waals surface area contributed by atoms with Gasteiger partial charge in [-0.05, 0) is 12.1 Å². The van der Waals surface area contributed by atoms with Crippen LogP contribution in [0.4, 0.5) is 8.78 Å². The molecule has 0 fully saturated rings. The van der Waals surface area contributed by atoms with Gasteiger partial charge in [0.2, 0.25) is 5.91 Å². The number of likely N-dealkylation sites (N-methyl/N-ethyl adjacent to an activating group) is 1. The van der Waals surface area contributed by atoms with Gasteiger partial charge in [-0.3, -0.25) is 4.79 Å². The van der Waals surface area contributed by atoms with Gasteiger partial charge in [0, 0.05) is 12.6 Å². The molecule has 0 bridgehead atoms. The van der Waals surface area contributed by atoms with Crippen LogP contribution in [0.3, 0.4) is 0 Å². The highest BCUT2D eigenvalue weighted by atomic mass is 35.5. The number of amidine groups is 1. The van der Waals surface area contributed by atoms with E-state index in [9.17, 15) is 22.0 Å². The highest BCUT2D eigenvalue weighted by Gasteiger charge is 2.31. The quantitative estimate of drug-likeness (QED) is 0.757. The lowest BCUT2D eigenvalue weighted by molar-refractivity contribution is -0.123. The van der Waals surface area contributed by atoms with Gasteiger partial charge in [0.1, 0.15) is 4.90 Å². The molecule has 0 unspecified atom stereocenters. The summed E-state index contributed by atoms with van der Waals surface area (Å²) in [6, 6.07) is 6.19. The molecular weight excluding hydrogens is 366 g/mol. The third kappa shape index (κ3) is 4.40. The number of alkyl halides is 2. The Labute approximate surface area is 144 Å². The summed E-state index contributed by atoms with van der Waals surface area (Å²) in [4.78, 5) is 13.1. The fourth-order valence-corrected chi connectivity index (χ4v) is 3.26. The molecule has 1 aromatic carbocycles. The summed E-state index contributed by atoms with van der Waals surface area (Å²) in [6.07, 6.45) is 0. The Balaban J connectivity index is 0.00000288. The predicted molar refractivity (Wildman–Crippen MR) is 87.1 cm³/mol. The van der Waals surface area contributed by atoms with Gasteiger partial charge in [0.05, 0.1) is 19.6 Å². The standard InChI is InChI=1S/C13H16F2N4O3S.ClH/c1-19(6-11(20)17-8-13(14,15)7-16)12-9-4-2-3-5-10(9)23(21,22)18-12;/h2-5H,6-8,16H2,1H3,(H,17,20);1H. The minimum absolute atomic E-state index is 0. The van der Waals surface area contributed by atoms with Crippen molar-refractivity contribution >= 4 is 34.2 Å². The first-order chi connectivity index (χ1) is 10.7. The lowest BCUT2D eigenvalue weighted by Gasteiger charge is -2.20. The van der Waals surface area contributed by atoms with E-state index in [0.717, 1.165) is 0 Å². The Morgan fingerprint density at radius 3 is 2.62 bits per heavy atom. The van der Waals surface area contributed by atoms with Crippen molar-refractivity contribution in [2.75, 3.05) is 26.7 Å². The smallest absolute Gasteiger partial charge is 0.285 e. The first-order valence-electron chi connectivity index (χ1n) is 6.66. The molecule has 0 radical (unpaired) electrons. The van der Waals surface area contributed by atoms with Crippen molar-refractivity contribution in [1.82, 2.24) is 10.2 Å². The molecule has 0 saturated carbocycles. The van der Waals surface area contributed by atoms with E-state index in [1.807, 2.05) is 0 Å². The van der Waals surface area contributed by atoms with E-state index in [1.165, 1.54) is 18.0 Å². The number of amides is 1. The maximum absolute atomic E-state index is 13.0. The van der Waals surface area contributed by atoms with Gasteiger partial charge in [-0.25, -0.2) is 8.78 Å². The molecule has 1 aliphatic heterocycles. The third-order valence-electron chi connectivity index (χ3n) is 3.20. The summed E-state index contributed by atoms with van der Waals surface area (Å²) in [6.45, 7) is -2.07. The van der Waals surface area contributed by atoms with Crippen LogP contribution in [0.25, 0.3) is 0 Å². The molecule has 11 heteroatoms. The second kappa shape index (κ2) is 7.41. The number of carbonyl (C=O) groups excluding carboxylic acids is 1. The van der Waals surface area contributed by atoms with E-state index < -0.39 is 34.9 Å². The Bertz CT molecular complexity index is 755. The van der Waals surface area contributed by atoms with Crippen LogP contribution >= 0.6 is 12.4 Å². The number of hydrogen-bond acceptors (Lipinski definition) is 5. The first kappa shape index (κ1) is 20.3. The van der Waals surface area contributed by atoms with Gasteiger partial charge in [0.25, 0.3) is 15.9 Å². The van der Waals surface area contributed by atoms with E-state index in [0.29, 0.717) is 5.56 Å². The van der Waals surface area contributed by atoms with Crippen molar-refractivity contribution in [3.8, 4) is 0 Å². The fourth-order valence-electron chi connectivity index (χ4n) is 2.01. The SMILES string of the molecule is CN(CC(=O)NCC(F)(F)CN)C1=NS(=O)(=O)c2ccccc21.Cl. The molecule has 0 spiro atoms. The number of sulfonamides is 1. The van der Waals surface area contributed by atoms with Crippen molar-refractivity contribution < 1.29 is 22.0 Å². The average Bonchev–Trinajstić information content (AvgIpc) is 2.78. The number of hydrogen-bond donors (Lipinski definition) is 2. The van der Waals surface area contributed by atoms with Crippen LogP contribution in [0.5, 0.6) is 0 Å². The van der Waals surface area contributed by atoms with Crippen molar-refractivity contribution in [1.29, 1.82) is 0 Å². The third-order valence-corrected chi connectivity index (χ3v) is 4.52. The Morgan fingerprint density at radius 1 is 1.38 bits per heavy atom. The van der Waals surface area contributed by atoms with Crippen LogP contribution in [0.15, 0.2) is 33.6 Å². The maximum atomic E-state index is 13.0. The highest BCUT2D eigenvalue weighted by molar-refractivity contribution is 7.90. The Kier molecular flexibility index (Phi) is 6.26. The van der Waals surface area contributed by atoms with Crippen LogP contribution < -0.4 is 11.1 Å². The van der Waals surface area contributed by atoms with Gasteiger partial charge >= 0.3 is 0 Å². The van der Waals surface area contributed by atoms with E-state index >= 15 is 0 Å². The summed E-state index contributed by atoms with van der Waals surface area (Å²) < 4.78 is 53.5. The number of nitrogens with one attached hydrogen (secondary N) is 1. The fraction of sp³-hybridized carbons (Fsp3) is 0.385. The molecule has 2 rings (SSSR count). The first-order valence-corrected chi connectivity index (χ1v) is 8.10. The average molecular weight is 383 g/mol. The molecule has 134 valence electrons. The largest absolute Gasteiger partial charge is 0.349 e. The number of fused-ring (bicyclic) bond motifs is 1. The lowest BCUT2D eigenvalue weighted by Crippen LogP contribution is -2.45. The molecule has 1 amide bonds. The second-order valence-corrected chi connectivity index (χ2v) is 6.65. The molecular formula is C13H17ClF2N4O3S. The summed E-state index contributed by atoms with van der Waals surface area (Å²) in [5.74, 6) is -3.78. The van der Waals surface area contributed by atoms with Gasteiger partial charge in [0.15, 0.2) is 5.84 Å².